The molecule has 23 heavy (non-hydrogen) atoms. The fraction of sp³-hybridized carbons (Fsp3) is 0.0500. The van der Waals surface area contributed by atoms with Gasteiger partial charge in [0.25, 0.3) is 5.91 Å². The van der Waals surface area contributed by atoms with E-state index in [4.69, 9.17) is 5.73 Å². The second-order valence-electron chi connectivity index (χ2n) is 5.37. The second kappa shape index (κ2) is 6.79. The highest BCUT2D eigenvalue weighted by Crippen LogP contribution is 2.19. The lowest BCUT2D eigenvalue weighted by Crippen LogP contribution is -2.22. The van der Waals surface area contributed by atoms with Crippen LogP contribution in [-0.2, 0) is 6.54 Å². The molecule has 0 aromatic heterocycles. The molecule has 0 aliphatic carbocycles. The first-order chi connectivity index (χ1) is 11.2. The van der Waals surface area contributed by atoms with Crippen LogP contribution in [0, 0.1) is 0 Å². The zero-order valence-corrected chi connectivity index (χ0v) is 12.7. The van der Waals surface area contributed by atoms with Gasteiger partial charge in [0.15, 0.2) is 0 Å². The van der Waals surface area contributed by atoms with Gasteiger partial charge in [-0.15, -0.1) is 0 Å². The molecular formula is C20H18N2O. The molecule has 3 aromatic carbocycles. The monoisotopic (exact) mass is 302 g/mol. The van der Waals surface area contributed by atoms with Gasteiger partial charge in [0.05, 0.1) is 0 Å². The van der Waals surface area contributed by atoms with E-state index in [0.29, 0.717) is 17.8 Å². The van der Waals surface area contributed by atoms with Crippen molar-refractivity contribution in [2.45, 2.75) is 6.54 Å². The molecule has 3 N–H and O–H groups in total. The Kier molecular flexibility index (Phi) is 4.39. The summed E-state index contributed by atoms with van der Waals surface area (Å²) in [6.45, 7) is 0.498. The molecular weight excluding hydrogens is 284 g/mol. The standard InChI is InChI=1S/C20H18N2O/c21-19-12-10-18(11-13-19)20(23)22-14-15-6-8-17(9-7-15)16-4-2-1-3-5-16/h1-13H,14,21H2,(H,22,23). The summed E-state index contributed by atoms with van der Waals surface area (Å²) in [5, 5.41) is 2.91. The van der Waals surface area contributed by atoms with E-state index in [1.165, 1.54) is 11.1 Å². The summed E-state index contributed by atoms with van der Waals surface area (Å²) in [5.74, 6) is -0.0999. The quantitative estimate of drug-likeness (QED) is 0.719. The Bertz CT molecular complexity index is 778. The van der Waals surface area contributed by atoms with Crippen molar-refractivity contribution in [2.75, 3.05) is 5.73 Å². The Morgan fingerprint density at radius 3 is 2.04 bits per heavy atom. The molecule has 1 amide bonds. The van der Waals surface area contributed by atoms with Crippen LogP contribution in [0.5, 0.6) is 0 Å². The molecule has 0 saturated heterocycles. The fourth-order valence-corrected chi connectivity index (χ4v) is 2.36. The van der Waals surface area contributed by atoms with Crippen LogP contribution in [0.15, 0.2) is 78.9 Å². The minimum absolute atomic E-state index is 0.0999. The fourth-order valence-electron chi connectivity index (χ4n) is 2.36. The molecule has 0 fully saturated rings. The first-order valence-corrected chi connectivity index (χ1v) is 7.50. The number of carbonyl (C=O) groups excluding carboxylic acids is 1. The maximum atomic E-state index is 12.1. The van der Waals surface area contributed by atoms with Gasteiger partial charge in [-0.05, 0) is 41.0 Å². The second-order valence-corrected chi connectivity index (χ2v) is 5.37. The molecule has 3 nitrogen and oxygen atoms in total. The summed E-state index contributed by atoms with van der Waals surface area (Å²) in [7, 11) is 0. The van der Waals surface area contributed by atoms with E-state index in [1.54, 1.807) is 24.3 Å². The number of benzene rings is 3. The van der Waals surface area contributed by atoms with Crippen molar-refractivity contribution in [3.8, 4) is 11.1 Å². The summed E-state index contributed by atoms with van der Waals surface area (Å²) in [6, 6.07) is 25.3. The zero-order chi connectivity index (χ0) is 16.1. The molecule has 3 rings (SSSR count). The van der Waals surface area contributed by atoms with Gasteiger partial charge in [0, 0.05) is 17.8 Å². The number of hydrogen-bond donors (Lipinski definition) is 2. The van der Waals surface area contributed by atoms with Crippen LogP contribution in [0.4, 0.5) is 5.69 Å². The summed E-state index contributed by atoms with van der Waals surface area (Å²) in [4.78, 5) is 12.1. The number of rotatable bonds is 4. The molecule has 0 unspecified atom stereocenters. The number of nitrogens with two attached hydrogens (primary N) is 1. The van der Waals surface area contributed by atoms with Gasteiger partial charge in [0.2, 0.25) is 0 Å². The third kappa shape index (κ3) is 3.77. The van der Waals surface area contributed by atoms with E-state index >= 15 is 0 Å². The van der Waals surface area contributed by atoms with Crippen LogP contribution in [0.2, 0.25) is 0 Å². The first kappa shape index (κ1) is 14.9. The van der Waals surface area contributed by atoms with Gasteiger partial charge in [-0.25, -0.2) is 0 Å². The molecule has 114 valence electrons. The number of anilines is 1. The molecule has 0 aliphatic heterocycles. The largest absolute Gasteiger partial charge is 0.399 e. The molecule has 3 heteroatoms. The van der Waals surface area contributed by atoms with Crippen molar-refractivity contribution >= 4 is 11.6 Å². The summed E-state index contributed by atoms with van der Waals surface area (Å²) in [5.41, 5.74) is 10.3. The Morgan fingerprint density at radius 2 is 1.39 bits per heavy atom. The maximum Gasteiger partial charge on any atom is 0.251 e. The van der Waals surface area contributed by atoms with Crippen molar-refractivity contribution in [3.05, 3.63) is 90.0 Å². The lowest BCUT2D eigenvalue weighted by molar-refractivity contribution is 0.0951. The Hall–Kier alpha value is -3.07. The van der Waals surface area contributed by atoms with Crippen LogP contribution in [0.1, 0.15) is 15.9 Å². The smallest absolute Gasteiger partial charge is 0.251 e. The third-order valence-electron chi connectivity index (χ3n) is 3.69. The molecule has 0 heterocycles. The predicted octanol–water partition coefficient (Wildman–Crippen LogP) is 3.87. The third-order valence-corrected chi connectivity index (χ3v) is 3.69. The number of amides is 1. The lowest BCUT2D eigenvalue weighted by Gasteiger charge is -2.07. The van der Waals surface area contributed by atoms with Gasteiger partial charge in [-0.2, -0.15) is 0 Å². The van der Waals surface area contributed by atoms with Crippen LogP contribution in [0.3, 0.4) is 0 Å². The summed E-state index contributed by atoms with van der Waals surface area (Å²) in [6.07, 6.45) is 0. The molecule has 0 aliphatic rings. The predicted molar refractivity (Wildman–Crippen MR) is 93.9 cm³/mol. The Morgan fingerprint density at radius 1 is 0.783 bits per heavy atom. The summed E-state index contributed by atoms with van der Waals surface area (Å²) >= 11 is 0. The maximum absolute atomic E-state index is 12.1. The molecule has 0 saturated carbocycles. The highest BCUT2D eigenvalue weighted by molar-refractivity contribution is 5.94. The lowest BCUT2D eigenvalue weighted by atomic mass is 10.0. The van der Waals surface area contributed by atoms with Gasteiger partial charge in [-0.1, -0.05) is 54.6 Å². The van der Waals surface area contributed by atoms with Crippen molar-refractivity contribution in [1.82, 2.24) is 5.32 Å². The van der Waals surface area contributed by atoms with E-state index in [1.807, 2.05) is 30.3 Å². The highest BCUT2D eigenvalue weighted by atomic mass is 16.1. The topological polar surface area (TPSA) is 55.1 Å². The average molecular weight is 302 g/mol. The van der Waals surface area contributed by atoms with Crippen molar-refractivity contribution in [2.24, 2.45) is 0 Å². The van der Waals surface area contributed by atoms with E-state index in [0.717, 1.165) is 5.56 Å². The minimum Gasteiger partial charge on any atom is -0.399 e. The minimum atomic E-state index is -0.0999. The zero-order valence-electron chi connectivity index (χ0n) is 12.7. The molecule has 3 aromatic rings. The van der Waals surface area contributed by atoms with Crippen molar-refractivity contribution < 1.29 is 4.79 Å². The van der Waals surface area contributed by atoms with E-state index < -0.39 is 0 Å². The Labute approximate surface area is 135 Å². The van der Waals surface area contributed by atoms with Crippen LogP contribution < -0.4 is 11.1 Å². The van der Waals surface area contributed by atoms with Crippen molar-refractivity contribution in [1.29, 1.82) is 0 Å². The van der Waals surface area contributed by atoms with Crippen molar-refractivity contribution in [3.63, 3.8) is 0 Å². The van der Waals surface area contributed by atoms with Crippen LogP contribution in [0.25, 0.3) is 11.1 Å². The number of carbonyl (C=O) groups is 1. The van der Waals surface area contributed by atoms with E-state index in [2.05, 4.69) is 29.6 Å². The van der Waals surface area contributed by atoms with Gasteiger partial charge in [0.1, 0.15) is 0 Å². The summed E-state index contributed by atoms with van der Waals surface area (Å²) < 4.78 is 0. The SMILES string of the molecule is Nc1ccc(C(=O)NCc2ccc(-c3ccccc3)cc2)cc1. The molecule has 0 spiro atoms. The molecule has 0 atom stereocenters. The van der Waals surface area contributed by atoms with Gasteiger partial charge < -0.3 is 11.1 Å². The Balaban J connectivity index is 1.62. The number of nitrogen functional groups attached to an aromatic ring is 1. The van der Waals surface area contributed by atoms with Crippen LogP contribution in [-0.4, -0.2) is 5.91 Å². The van der Waals surface area contributed by atoms with Crippen LogP contribution >= 0.6 is 0 Å². The molecule has 0 radical (unpaired) electrons. The first-order valence-electron chi connectivity index (χ1n) is 7.50. The highest BCUT2D eigenvalue weighted by Gasteiger charge is 2.05. The number of hydrogen-bond acceptors (Lipinski definition) is 2. The molecule has 0 bridgehead atoms. The number of nitrogens with one attached hydrogen (secondary N) is 1. The van der Waals surface area contributed by atoms with E-state index in [9.17, 15) is 4.79 Å². The average Bonchev–Trinajstić information content (AvgIpc) is 2.61. The van der Waals surface area contributed by atoms with Gasteiger partial charge in [-0.3, -0.25) is 4.79 Å². The normalized spacial score (nSPS) is 10.3. The van der Waals surface area contributed by atoms with E-state index in [-0.39, 0.29) is 5.91 Å². The van der Waals surface area contributed by atoms with Gasteiger partial charge >= 0.3 is 0 Å².